The number of hydrogen-bond acceptors (Lipinski definition) is 1. The Morgan fingerprint density at radius 1 is 0.944 bits per heavy atom. The molecule has 0 heterocycles. The minimum atomic E-state index is 0.104. The number of ketones is 1. The zero-order valence-corrected chi connectivity index (χ0v) is 10.9. The quantitative estimate of drug-likeness (QED) is 0.783. The molecule has 0 aliphatic rings. The van der Waals surface area contributed by atoms with Gasteiger partial charge in [0, 0.05) is 5.92 Å². The van der Waals surface area contributed by atoms with Crippen molar-refractivity contribution in [3.63, 3.8) is 0 Å². The summed E-state index contributed by atoms with van der Waals surface area (Å²) in [4.78, 5) is 11.2. The van der Waals surface area contributed by atoms with Gasteiger partial charge in [0.1, 0.15) is 5.78 Å². The predicted molar refractivity (Wildman–Crippen MR) is 75.4 cm³/mol. The fraction of sp³-hybridized carbons (Fsp3) is 0.235. The predicted octanol–water partition coefficient (Wildman–Crippen LogP) is 4.12. The Kier molecular flexibility index (Phi) is 3.93. The molecule has 0 amide bonds. The Morgan fingerprint density at radius 3 is 2.06 bits per heavy atom. The molecule has 0 saturated heterocycles. The summed E-state index contributed by atoms with van der Waals surface area (Å²) in [5, 5.41) is 0. The maximum absolute atomic E-state index is 11.2. The smallest absolute Gasteiger partial charge is 0.132 e. The highest BCUT2D eigenvalue weighted by Gasteiger charge is 2.08. The maximum atomic E-state index is 11.2. The lowest BCUT2D eigenvalue weighted by molar-refractivity contribution is -0.120. The molecule has 92 valence electrons. The molecule has 0 radical (unpaired) electrons. The van der Waals surface area contributed by atoms with Gasteiger partial charge in [-0.3, -0.25) is 4.79 Å². The number of hydrogen-bond donors (Lipinski definition) is 0. The summed E-state index contributed by atoms with van der Waals surface area (Å²) in [5.41, 5.74) is 3.66. The third-order valence-electron chi connectivity index (χ3n) is 3.30. The van der Waals surface area contributed by atoms with Gasteiger partial charge in [-0.2, -0.15) is 0 Å². The standard InChI is InChI=1S/C17H18O/c1-13(14(2)18)12-15-8-10-17(11-9-15)16-6-4-3-5-7-16/h3-11,13H,12H2,1-2H3/t13-/m0/s1. The van der Waals surface area contributed by atoms with Crippen molar-refractivity contribution in [2.45, 2.75) is 20.3 Å². The van der Waals surface area contributed by atoms with Crippen LogP contribution in [0.3, 0.4) is 0 Å². The molecule has 2 rings (SSSR count). The average Bonchev–Trinajstić information content (AvgIpc) is 2.40. The Bertz CT molecular complexity index is 511. The van der Waals surface area contributed by atoms with Crippen LogP contribution in [0.4, 0.5) is 0 Å². The van der Waals surface area contributed by atoms with Crippen LogP contribution in [0.2, 0.25) is 0 Å². The molecule has 0 aliphatic carbocycles. The first-order valence-corrected chi connectivity index (χ1v) is 6.31. The van der Waals surface area contributed by atoms with Crippen LogP contribution in [0.15, 0.2) is 54.6 Å². The second kappa shape index (κ2) is 5.63. The number of carbonyl (C=O) groups excluding carboxylic acids is 1. The monoisotopic (exact) mass is 238 g/mol. The highest BCUT2D eigenvalue weighted by atomic mass is 16.1. The van der Waals surface area contributed by atoms with Crippen LogP contribution in [-0.2, 0) is 11.2 Å². The molecule has 1 nitrogen and oxygen atoms in total. The first kappa shape index (κ1) is 12.6. The summed E-state index contributed by atoms with van der Waals surface area (Å²) in [6.45, 7) is 3.64. The lowest BCUT2D eigenvalue weighted by Gasteiger charge is -2.08. The van der Waals surface area contributed by atoms with Crippen LogP contribution in [0.1, 0.15) is 19.4 Å². The van der Waals surface area contributed by atoms with Gasteiger partial charge in [-0.25, -0.2) is 0 Å². The Balaban J connectivity index is 2.13. The van der Waals surface area contributed by atoms with Crippen molar-refractivity contribution in [3.8, 4) is 11.1 Å². The molecule has 1 heteroatoms. The van der Waals surface area contributed by atoms with Crippen LogP contribution < -0.4 is 0 Å². The van der Waals surface area contributed by atoms with Gasteiger partial charge < -0.3 is 0 Å². The van der Waals surface area contributed by atoms with Crippen LogP contribution in [-0.4, -0.2) is 5.78 Å². The Labute approximate surface area is 108 Å². The molecule has 2 aromatic carbocycles. The van der Waals surface area contributed by atoms with E-state index in [2.05, 4.69) is 36.4 Å². The molecule has 0 spiro atoms. The first-order valence-electron chi connectivity index (χ1n) is 6.31. The van der Waals surface area contributed by atoms with E-state index in [1.807, 2.05) is 25.1 Å². The minimum absolute atomic E-state index is 0.104. The number of carbonyl (C=O) groups is 1. The number of Topliss-reactive ketones (excluding diaryl/α,β-unsaturated/α-hetero) is 1. The SMILES string of the molecule is CC(=O)[C@@H](C)Cc1ccc(-c2ccccc2)cc1. The fourth-order valence-electron chi connectivity index (χ4n) is 1.96. The topological polar surface area (TPSA) is 17.1 Å². The van der Waals surface area contributed by atoms with Gasteiger partial charge >= 0.3 is 0 Å². The highest BCUT2D eigenvalue weighted by molar-refractivity contribution is 5.78. The zero-order chi connectivity index (χ0) is 13.0. The van der Waals surface area contributed by atoms with Crippen molar-refractivity contribution < 1.29 is 4.79 Å². The van der Waals surface area contributed by atoms with Crippen molar-refractivity contribution in [2.75, 3.05) is 0 Å². The van der Waals surface area contributed by atoms with E-state index in [0.717, 1.165) is 6.42 Å². The van der Waals surface area contributed by atoms with Crippen molar-refractivity contribution in [2.24, 2.45) is 5.92 Å². The summed E-state index contributed by atoms with van der Waals surface area (Å²) in [6, 6.07) is 18.8. The molecule has 0 unspecified atom stereocenters. The van der Waals surface area contributed by atoms with Gasteiger partial charge in [0.15, 0.2) is 0 Å². The fourth-order valence-corrected chi connectivity index (χ4v) is 1.96. The molecule has 0 N–H and O–H groups in total. The molecular formula is C17H18O. The van der Waals surface area contributed by atoms with E-state index in [-0.39, 0.29) is 11.7 Å². The van der Waals surface area contributed by atoms with Crippen LogP contribution in [0.25, 0.3) is 11.1 Å². The van der Waals surface area contributed by atoms with Crippen molar-refractivity contribution in [3.05, 3.63) is 60.2 Å². The molecule has 0 saturated carbocycles. The molecule has 1 atom stereocenters. The lowest BCUT2D eigenvalue weighted by atomic mass is 9.96. The second-order valence-electron chi connectivity index (χ2n) is 4.78. The van der Waals surface area contributed by atoms with Gasteiger partial charge in [-0.05, 0) is 30.0 Å². The molecule has 0 aliphatic heterocycles. The van der Waals surface area contributed by atoms with Crippen LogP contribution in [0, 0.1) is 5.92 Å². The molecule has 18 heavy (non-hydrogen) atoms. The normalized spacial score (nSPS) is 12.1. The third kappa shape index (κ3) is 3.07. The van der Waals surface area contributed by atoms with Gasteiger partial charge in [0.2, 0.25) is 0 Å². The van der Waals surface area contributed by atoms with E-state index in [1.165, 1.54) is 16.7 Å². The van der Waals surface area contributed by atoms with Gasteiger partial charge in [0.25, 0.3) is 0 Å². The zero-order valence-electron chi connectivity index (χ0n) is 10.9. The van der Waals surface area contributed by atoms with Crippen LogP contribution in [0.5, 0.6) is 0 Å². The lowest BCUT2D eigenvalue weighted by Crippen LogP contribution is -2.09. The number of rotatable bonds is 4. The van der Waals surface area contributed by atoms with E-state index in [1.54, 1.807) is 6.92 Å². The average molecular weight is 238 g/mol. The summed E-state index contributed by atoms with van der Waals surface area (Å²) >= 11 is 0. The van der Waals surface area contributed by atoms with Crippen molar-refractivity contribution >= 4 is 5.78 Å². The Hall–Kier alpha value is -1.89. The van der Waals surface area contributed by atoms with E-state index in [4.69, 9.17) is 0 Å². The summed E-state index contributed by atoms with van der Waals surface area (Å²) in [6.07, 6.45) is 0.824. The summed E-state index contributed by atoms with van der Waals surface area (Å²) in [7, 11) is 0. The third-order valence-corrected chi connectivity index (χ3v) is 3.30. The molecule has 0 bridgehead atoms. The highest BCUT2D eigenvalue weighted by Crippen LogP contribution is 2.20. The minimum Gasteiger partial charge on any atom is -0.300 e. The molecule has 0 fully saturated rings. The maximum Gasteiger partial charge on any atom is 0.132 e. The van der Waals surface area contributed by atoms with Crippen LogP contribution >= 0.6 is 0 Å². The molecular weight excluding hydrogens is 220 g/mol. The molecule has 0 aromatic heterocycles. The van der Waals surface area contributed by atoms with Gasteiger partial charge in [-0.15, -0.1) is 0 Å². The van der Waals surface area contributed by atoms with Gasteiger partial charge in [0.05, 0.1) is 0 Å². The van der Waals surface area contributed by atoms with E-state index in [9.17, 15) is 4.79 Å². The van der Waals surface area contributed by atoms with Crippen molar-refractivity contribution in [1.29, 1.82) is 0 Å². The van der Waals surface area contributed by atoms with E-state index < -0.39 is 0 Å². The largest absolute Gasteiger partial charge is 0.300 e. The van der Waals surface area contributed by atoms with Crippen molar-refractivity contribution in [1.82, 2.24) is 0 Å². The molecule has 2 aromatic rings. The second-order valence-corrected chi connectivity index (χ2v) is 4.78. The van der Waals surface area contributed by atoms with Gasteiger partial charge in [-0.1, -0.05) is 61.5 Å². The van der Waals surface area contributed by atoms with E-state index >= 15 is 0 Å². The number of benzene rings is 2. The van der Waals surface area contributed by atoms with E-state index in [0.29, 0.717) is 0 Å². The summed E-state index contributed by atoms with van der Waals surface area (Å²) < 4.78 is 0. The first-order chi connectivity index (χ1) is 8.66. The summed E-state index contributed by atoms with van der Waals surface area (Å²) in [5.74, 6) is 0.356. The Morgan fingerprint density at radius 2 is 1.50 bits per heavy atom.